The highest BCUT2D eigenvalue weighted by molar-refractivity contribution is 6.10. The van der Waals surface area contributed by atoms with Crippen molar-refractivity contribution in [3.63, 3.8) is 0 Å². The zero-order valence-corrected chi connectivity index (χ0v) is 12.1. The molecule has 4 amide bonds. The van der Waals surface area contributed by atoms with Gasteiger partial charge in [0.15, 0.2) is 0 Å². The predicted molar refractivity (Wildman–Crippen MR) is 70.3 cm³/mol. The van der Waals surface area contributed by atoms with E-state index >= 15 is 0 Å². The molecule has 2 heterocycles. The largest absolute Gasteiger partial charge is 0.285 e. The third-order valence-corrected chi connectivity index (χ3v) is 5.82. The topological polar surface area (TPSA) is 74.8 Å². The third-order valence-electron chi connectivity index (χ3n) is 5.82. The molecule has 3 fully saturated rings. The van der Waals surface area contributed by atoms with Crippen LogP contribution in [-0.2, 0) is 19.2 Å². The molecule has 21 heavy (non-hydrogen) atoms. The molecule has 4 atom stereocenters. The number of nitrogens with zero attached hydrogens (tertiary/aromatic N) is 2. The van der Waals surface area contributed by atoms with Crippen LogP contribution in [0.15, 0.2) is 11.6 Å². The number of likely N-dealkylation sites (tertiary alicyclic amines) is 2. The van der Waals surface area contributed by atoms with Crippen LogP contribution >= 0.6 is 0 Å². The summed E-state index contributed by atoms with van der Waals surface area (Å²) in [5, 5.41) is 0. The highest BCUT2D eigenvalue weighted by atomic mass is 16.2. The van der Waals surface area contributed by atoms with Crippen molar-refractivity contribution in [2.45, 2.75) is 6.92 Å². The van der Waals surface area contributed by atoms with E-state index in [1.54, 1.807) is 0 Å². The van der Waals surface area contributed by atoms with E-state index in [1.165, 1.54) is 23.9 Å². The van der Waals surface area contributed by atoms with E-state index in [2.05, 4.69) is 0 Å². The fourth-order valence-electron chi connectivity index (χ4n) is 4.92. The lowest BCUT2D eigenvalue weighted by atomic mass is 9.52. The molecule has 0 spiro atoms. The quantitative estimate of drug-likeness (QED) is 0.451. The van der Waals surface area contributed by atoms with Crippen molar-refractivity contribution >= 4 is 23.6 Å². The van der Waals surface area contributed by atoms with Crippen LogP contribution in [0.2, 0.25) is 0 Å². The fraction of sp³-hybridized carbons (Fsp3) is 0.600. The summed E-state index contributed by atoms with van der Waals surface area (Å²) in [4.78, 5) is 51.9. The molecule has 3 aliphatic carbocycles. The first-order valence-electron chi connectivity index (χ1n) is 7.17. The average Bonchev–Trinajstić information content (AvgIpc) is 2.83. The summed E-state index contributed by atoms with van der Waals surface area (Å²) in [6.45, 7) is 1.90. The molecule has 110 valence electrons. The van der Waals surface area contributed by atoms with E-state index in [4.69, 9.17) is 0 Å². The van der Waals surface area contributed by atoms with E-state index < -0.39 is 23.7 Å². The van der Waals surface area contributed by atoms with E-state index in [-0.39, 0.29) is 35.5 Å². The second kappa shape index (κ2) is 3.61. The molecule has 0 aromatic heterocycles. The average molecular weight is 288 g/mol. The van der Waals surface area contributed by atoms with E-state index in [9.17, 15) is 19.2 Å². The summed E-state index contributed by atoms with van der Waals surface area (Å²) in [5.74, 6) is -3.36. The second-order valence-corrected chi connectivity index (χ2v) is 6.59. The number of rotatable bonds is 0. The summed E-state index contributed by atoms with van der Waals surface area (Å²) >= 11 is 0. The first kappa shape index (κ1) is 12.7. The molecule has 0 radical (unpaired) electrons. The van der Waals surface area contributed by atoms with Crippen molar-refractivity contribution in [3.05, 3.63) is 11.6 Å². The Hall–Kier alpha value is -1.98. The van der Waals surface area contributed by atoms with Gasteiger partial charge in [0.25, 0.3) is 0 Å². The van der Waals surface area contributed by atoms with Crippen LogP contribution < -0.4 is 0 Å². The van der Waals surface area contributed by atoms with Crippen LogP contribution in [0.1, 0.15) is 6.92 Å². The van der Waals surface area contributed by atoms with Gasteiger partial charge >= 0.3 is 0 Å². The van der Waals surface area contributed by atoms with Crippen LogP contribution in [0.3, 0.4) is 0 Å². The van der Waals surface area contributed by atoms with Gasteiger partial charge in [0.2, 0.25) is 23.6 Å². The lowest BCUT2D eigenvalue weighted by molar-refractivity contribution is -0.138. The van der Waals surface area contributed by atoms with Gasteiger partial charge in [-0.25, -0.2) is 0 Å². The van der Waals surface area contributed by atoms with Crippen LogP contribution in [0.5, 0.6) is 0 Å². The summed E-state index contributed by atoms with van der Waals surface area (Å²) in [7, 11) is 2.98. The minimum absolute atomic E-state index is 0.208. The number of carbonyl (C=O) groups is 4. The maximum atomic E-state index is 12.4. The molecule has 0 aromatic carbocycles. The van der Waals surface area contributed by atoms with Crippen LogP contribution in [0.4, 0.5) is 0 Å². The smallest absolute Gasteiger partial charge is 0.233 e. The number of amides is 4. The predicted octanol–water partition coefficient (Wildman–Crippen LogP) is -0.346. The van der Waals surface area contributed by atoms with E-state index in [0.717, 1.165) is 5.57 Å². The summed E-state index contributed by atoms with van der Waals surface area (Å²) in [6, 6.07) is 0. The SMILES string of the molecule is CC1=CC2C3C(=O)N(C)C(=O)C3C1C1C(=O)N(C)C(=O)C21. The number of allylic oxidation sites excluding steroid dienone is 2. The van der Waals surface area contributed by atoms with Gasteiger partial charge < -0.3 is 0 Å². The lowest BCUT2D eigenvalue weighted by Crippen LogP contribution is -2.52. The van der Waals surface area contributed by atoms with Gasteiger partial charge in [0.1, 0.15) is 0 Å². The van der Waals surface area contributed by atoms with Gasteiger partial charge in [-0.05, 0) is 6.92 Å². The maximum Gasteiger partial charge on any atom is 0.233 e. The summed E-state index contributed by atoms with van der Waals surface area (Å²) < 4.78 is 0. The Morgan fingerprint density at radius 3 is 1.52 bits per heavy atom. The van der Waals surface area contributed by atoms with Gasteiger partial charge in [-0.3, -0.25) is 29.0 Å². The Bertz CT molecular complexity index is 606. The standard InChI is InChI=1S/C15H16N2O4/c1-5-4-6-8-10(14(20)16(2)12(8)18)7(5)11-9(6)13(19)17(3)15(11)21/h4,6-11H,1-3H3. The lowest BCUT2D eigenvalue weighted by Gasteiger charge is -2.47. The Kier molecular flexibility index (Phi) is 2.19. The van der Waals surface area contributed by atoms with Crippen LogP contribution in [0, 0.1) is 35.5 Å². The monoisotopic (exact) mass is 288 g/mol. The molecule has 5 aliphatic rings. The first-order chi connectivity index (χ1) is 9.86. The minimum Gasteiger partial charge on any atom is -0.285 e. The normalized spacial score (nSPS) is 44.4. The third kappa shape index (κ3) is 1.20. The van der Waals surface area contributed by atoms with Crippen LogP contribution in [0.25, 0.3) is 0 Å². The molecular weight excluding hydrogens is 272 g/mol. The Morgan fingerprint density at radius 2 is 1.10 bits per heavy atom. The zero-order chi connectivity index (χ0) is 15.2. The molecule has 0 N–H and O–H groups in total. The van der Waals surface area contributed by atoms with Gasteiger partial charge in [0.05, 0.1) is 23.7 Å². The zero-order valence-electron chi connectivity index (χ0n) is 12.1. The minimum atomic E-state index is -0.472. The molecule has 6 heteroatoms. The molecule has 5 rings (SSSR count). The van der Waals surface area contributed by atoms with Gasteiger partial charge in [-0.1, -0.05) is 11.6 Å². The highest BCUT2D eigenvalue weighted by Gasteiger charge is 2.68. The van der Waals surface area contributed by atoms with E-state index in [1.807, 2.05) is 13.0 Å². The number of carbonyl (C=O) groups excluding carboxylic acids is 4. The molecule has 4 unspecified atom stereocenters. The molecule has 2 saturated heterocycles. The summed E-state index contributed by atoms with van der Waals surface area (Å²) in [5.41, 5.74) is 0.968. The second-order valence-electron chi connectivity index (χ2n) is 6.59. The molecule has 2 bridgehead atoms. The van der Waals surface area contributed by atoms with Gasteiger partial charge in [-0.2, -0.15) is 0 Å². The van der Waals surface area contributed by atoms with Crippen LogP contribution in [-0.4, -0.2) is 47.5 Å². The van der Waals surface area contributed by atoms with Crippen molar-refractivity contribution in [2.24, 2.45) is 35.5 Å². The molecule has 2 aliphatic heterocycles. The molecular formula is C15H16N2O4. The van der Waals surface area contributed by atoms with Crippen molar-refractivity contribution in [1.29, 1.82) is 0 Å². The first-order valence-corrected chi connectivity index (χ1v) is 7.17. The Morgan fingerprint density at radius 1 is 0.714 bits per heavy atom. The maximum absolute atomic E-state index is 12.4. The molecule has 0 aromatic rings. The molecule has 6 nitrogen and oxygen atoms in total. The van der Waals surface area contributed by atoms with Gasteiger partial charge in [-0.15, -0.1) is 0 Å². The number of hydrogen-bond acceptors (Lipinski definition) is 4. The van der Waals surface area contributed by atoms with Crippen molar-refractivity contribution in [3.8, 4) is 0 Å². The molecule has 1 saturated carbocycles. The summed E-state index contributed by atoms with van der Waals surface area (Å²) in [6.07, 6.45) is 1.95. The highest BCUT2D eigenvalue weighted by Crippen LogP contribution is 2.59. The number of hydrogen-bond donors (Lipinski definition) is 0. The Labute approximate surface area is 121 Å². The fourth-order valence-corrected chi connectivity index (χ4v) is 4.92. The van der Waals surface area contributed by atoms with Gasteiger partial charge in [0, 0.05) is 25.9 Å². The van der Waals surface area contributed by atoms with Crippen molar-refractivity contribution in [1.82, 2.24) is 9.80 Å². The van der Waals surface area contributed by atoms with E-state index in [0.29, 0.717) is 0 Å². The van der Waals surface area contributed by atoms with Crippen molar-refractivity contribution in [2.75, 3.05) is 14.1 Å². The number of imide groups is 2. The van der Waals surface area contributed by atoms with Crippen molar-refractivity contribution < 1.29 is 19.2 Å². The Balaban J connectivity index is 1.91.